The van der Waals surface area contributed by atoms with Crippen LogP contribution in [-0.2, 0) is 18.2 Å². The number of carbonyl (C=O) groups is 1. The predicted molar refractivity (Wildman–Crippen MR) is 85.6 cm³/mol. The Morgan fingerprint density at radius 2 is 2.05 bits per heavy atom. The maximum atomic E-state index is 11.6. The van der Waals surface area contributed by atoms with Crippen molar-refractivity contribution in [2.45, 2.75) is 39.7 Å². The molecule has 0 atom stereocenters. The number of amides is 1. The van der Waals surface area contributed by atoms with E-state index in [1.165, 1.54) is 22.0 Å². The number of benzene rings is 1. The monoisotopic (exact) mass is 288 g/mol. The Kier molecular flexibility index (Phi) is 4.26. The van der Waals surface area contributed by atoms with E-state index in [0.717, 1.165) is 6.42 Å². The SMILES string of the molecule is Cc1ccc2c(CCNC(=O)OC(C)(C)C)cn(C)c2c1. The van der Waals surface area contributed by atoms with Gasteiger partial charge in [-0.25, -0.2) is 4.79 Å². The Labute approximate surface area is 126 Å². The van der Waals surface area contributed by atoms with Gasteiger partial charge in [0.1, 0.15) is 5.60 Å². The first-order chi connectivity index (χ1) is 9.76. The van der Waals surface area contributed by atoms with Gasteiger partial charge >= 0.3 is 6.09 Å². The Hall–Kier alpha value is -1.97. The van der Waals surface area contributed by atoms with Gasteiger partial charge in [-0.3, -0.25) is 0 Å². The number of hydrogen-bond acceptors (Lipinski definition) is 2. The molecule has 0 spiro atoms. The number of nitrogens with one attached hydrogen (secondary N) is 1. The standard InChI is InChI=1S/C17H24N2O2/c1-12-6-7-14-13(11-19(5)15(14)10-12)8-9-18-16(20)21-17(2,3)4/h6-7,10-11H,8-9H2,1-5H3,(H,18,20). The Morgan fingerprint density at radius 1 is 1.33 bits per heavy atom. The van der Waals surface area contributed by atoms with Gasteiger partial charge < -0.3 is 14.6 Å². The summed E-state index contributed by atoms with van der Waals surface area (Å²) in [6, 6.07) is 6.45. The van der Waals surface area contributed by atoms with Crippen LogP contribution in [0.1, 0.15) is 31.9 Å². The molecule has 21 heavy (non-hydrogen) atoms. The molecule has 4 heteroatoms. The number of nitrogens with zero attached hydrogens (tertiary/aromatic N) is 1. The molecule has 1 aromatic heterocycles. The Balaban J connectivity index is 2.00. The fourth-order valence-electron chi connectivity index (χ4n) is 2.39. The molecular formula is C17H24N2O2. The highest BCUT2D eigenvalue weighted by Crippen LogP contribution is 2.22. The van der Waals surface area contributed by atoms with Crippen molar-refractivity contribution >= 4 is 17.0 Å². The molecule has 0 radical (unpaired) electrons. The molecule has 0 aliphatic rings. The number of rotatable bonds is 3. The number of aromatic nitrogens is 1. The number of hydrogen-bond donors (Lipinski definition) is 1. The van der Waals surface area contributed by atoms with Gasteiger partial charge in [-0.05, 0) is 51.3 Å². The Bertz CT molecular complexity index is 651. The van der Waals surface area contributed by atoms with Crippen LogP contribution in [0.5, 0.6) is 0 Å². The largest absolute Gasteiger partial charge is 0.444 e. The average molecular weight is 288 g/mol. The lowest BCUT2D eigenvalue weighted by molar-refractivity contribution is 0.0528. The molecule has 114 valence electrons. The molecule has 1 amide bonds. The van der Waals surface area contributed by atoms with Gasteiger partial charge in [-0.15, -0.1) is 0 Å². The van der Waals surface area contributed by atoms with Gasteiger partial charge in [0.05, 0.1) is 0 Å². The first-order valence-electron chi connectivity index (χ1n) is 7.28. The molecule has 0 aliphatic carbocycles. The zero-order valence-electron chi connectivity index (χ0n) is 13.5. The fourth-order valence-corrected chi connectivity index (χ4v) is 2.39. The Morgan fingerprint density at radius 3 is 2.71 bits per heavy atom. The first-order valence-corrected chi connectivity index (χ1v) is 7.28. The second-order valence-corrected chi connectivity index (χ2v) is 6.46. The molecular weight excluding hydrogens is 264 g/mol. The third kappa shape index (κ3) is 4.00. The van der Waals surface area contributed by atoms with Gasteiger partial charge in [0.15, 0.2) is 0 Å². The molecule has 0 unspecified atom stereocenters. The highest BCUT2D eigenvalue weighted by atomic mass is 16.6. The molecule has 0 aliphatic heterocycles. The number of ether oxygens (including phenoxy) is 1. The second-order valence-electron chi connectivity index (χ2n) is 6.46. The summed E-state index contributed by atoms with van der Waals surface area (Å²) < 4.78 is 7.36. The highest BCUT2D eigenvalue weighted by Gasteiger charge is 2.15. The van der Waals surface area contributed by atoms with E-state index in [1.807, 2.05) is 27.8 Å². The summed E-state index contributed by atoms with van der Waals surface area (Å²) in [5.74, 6) is 0. The zero-order chi connectivity index (χ0) is 15.6. The van der Waals surface area contributed by atoms with Crippen molar-refractivity contribution in [1.82, 2.24) is 9.88 Å². The van der Waals surface area contributed by atoms with E-state index in [4.69, 9.17) is 4.74 Å². The van der Waals surface area contributed by atoms with Gasteiger partial charge in [0.2, 0.25) is 0 Å². The normalized spacial score (nSPS) is 11.7. The van der Waals surface area contributed by atoms with E-state index in [2.05, 4.69) is 41.2 Å². The molecule has 0 saturated heterocycles. The molecule has 4 nitrogen and oxygen atoms in total. The third-order valence-electron chi connectivity index (χ3n) is 3.29. The van der Waals surface area contributed by atoms with Gasteiger partial charge in [-0.2, -0.15) is 0 Å². The molecule has 2 rings (SSSR count). The minimum atomic E-state index is -0.457. The van der Waals surface area contributed by atoms with E-state index in [0.29, 0.717) is 6.54 Å². The summed E-state index contributed by atoms with van der Waals surface area (Å²) in [5, 5.41) is 4.05. The maximum absolute atomic E-state index is 11.6. The van der Waals surface area contributed by atoms with Crippen LogP contribution < -0.4 is 5.32 Å². The number of aryl methyl sites for hydroxylation is 2. The third-order valence-corrected chi connectivity index (χ3v) is 3.29. The summed E-state index contributed by atoms with van der Waals surface area (Å²) in [7, 11) is 2.05. The van der Waals surface area contributed by atoms with Crippen LogP contribution in [0.3, 0.4) is 0 Å². The lowest BCUT2D eigenvalue weighted by Crippen LogP contribution is -2.33. The molecule has 0 fully saturated rings. The zero-order valence-corrected chi connectivity index (χ0v) is 13.5. The van der Waals surface area contributed by atoms with Crippen molar-refractivity contribution in [2.75, 3.05) is 6.54 Å². The van der Waals surface area contributed by atoms with Gasteiger partial charge in [0, 0.05) is 30.7 Å². The number of alkyl carbamates (subject to hydrolysis) is 1. The number of carbonyl (C=O) groups excluding carboxylic acids is 1. The van der Waals surface area contributed by atoms with Crippen molar-refractivity contribution in [2.24, 2.45) is 7.05 Å². The van der Waals surface area contributed by atoms with E-state index in [-0.39, 0.29) is 6.09 Å². The molecule has 1 aromatic carbocycles. The maximum Gasteiger partial charge on any atom is 0.407 e. The van der Waals surface area contributed by atoms with E-state index in [1.54, 1.807) is 0 Å². The minimum Gasteiger partial charge on any atom is -0.444 e. The smallest absolute Gasteiger partial charge is 0.407 e. The van der Waals surface area contributed by atoms with Crippen LogP contribution in [0, 0.1) is 6.92 Å². The molecule has 1 N–H and O–H groups in total. The van der Waals surface area contributed by atoms with Gasteiger partial charge in [0.25, 0.3) is 0 Å². The molecule has 2 aromatic rings. The van der Waals surface area contributed by atoms with Crippen molar-refractivity contribution in [3.05, 3.63) is 35.5 Å². The van der Waals surface area contributed by atoms with Gasteiger partial charge in [-0.1, -0.05) is 12.1 Å². The topological polar surface area (TPSA) is 43.3 Å². The van der Waals surface area contributed by atoms with Crippen LogP contribution in [0.15, 0.2) is 24.4 Å². The first kappa shape index (κ1) is 15.4. The van der Waals surface area contributed by atoms with Crippen LogP contribution in [0.2, 0.25) is 0 Å². The van der Waals surface area contributed by atoms with Crippen LogP contribution in [-0.4, -0.2) is 22.8 Å². The van der Waals surface area contributed by atoms with Crippen LogP contribution >= 0.6 is 0 Å². The summed E-state index contributed by atoms with van der Waals surface area (Å²) in [6.45, 7) is 8.25. The van der Waals surface area contributed by atoms with Crippen molar-refractivity contribution in [1.29, 1.82) is 0 Å². The summed E-state index contributed by atoms with van der Waals surface area (Å²) in [4.78, 5) is 11.6. The van der Waals surface area contributed by atoms with Crippen molar-refractivity contribution < 1.29 is 9.53 Å². The quantitative estimate of drug-likeness (QED) is 0.938. The van der Waals surface area contributed by atoms with E-state index >= 15 is 0 Å². The average Bonchev–Trinajstić information content (AvgIpc) is 2.64. The fraction of sp³-hybridized carbons (Fsp3) is 0.471. The van der Waals surface area contributed by atoms with Crippen LogP contribution in [0.4, 0.5) is 4.79 Å². The molecule has 0 saturated carbocycles. The second kappa shape index (κ2) is 5.80. The van der Waals surface area contributed by atoms with Crippen LogP contribution in [0.25, 0.3) is 10.9 Å². The lowest BCUT2D eigenvalue weighted by atomic mass is 10.1. The number of fused-ring (bicyclic) bond motifs is 1. The van der Waals surface area contributed by atoms with E-state index in [9.17, 15) is 4.79 Å². The summed E-state index contributed by atoms with van der Waals surface area (Å²) >= 11 is 0. The van der Waals surface area contributed by atoms with Crippen molar-refractivity contribution in [3.63, 3.8) is 0 Å². The van der Waals surface area contributed by atoms with Crippen molar-refractivity contribution in [3.8, 4) is 0 Å². The lowest BCUT2D eigenvalue weighted by Gasteiger charge is -2.19. The molecule has 0 bridgehead atoms. The van der Waals surface area contributed by atoms with E-state index < -0.39 is 5.60 Å². The predicted octanol–water partition coefficient (Wildman–Crippen LogP) is 3.55. The minimum absolute atomic E-state index is 0.362. The summed E-state index contributed by atoms with van der Waals surface area (Å²) in [5.41, 5.74) is 3.26. The molecule has 1 heterocycles. The highest BCUT2D eigenvalue weighted by molar-refractivity contribution is 5.84. The summed E-state index contributed by atoms with van der Waals surface area (Å²) in [6.07, 6.45) is 2.55.